The maximum atomic E-state index is 12.8. The predicted octanol–water partition coefficient (Wildman–Crippen LogP) is 2.27. The Labute approximate surface area is 162 Å². The van der Waals surface area contributed by atoms with Crippen molar-refractivity contribution in [1.29, 1.82) is 0 Å². The van der Waals surface area contributed by atoms with E-state index in [1.54, 1.807) is 24.3 Å². The summed E-state index contributed by atoms with van der Waals surface area (Å²) in [5, 5.41) is 10.3. The molecule has 3 aromatic rings. The van der Waals surface area contributed by atoms with Gasteiger partial charge in [0.2, 0.25) is 5.91 Å². The molecule has 2 amide bonds. The Balaban J connectivity index is 1.99. The van der Waals surface area contributed by atoms with Gasteiger partial charge in [-0.2, -0.15) is 5.10 Å². The van der Waals surface area contributed by atoms with Gasteiger partial charge in [0, 0.05) is 18.1 Å². The monoisotopic (exact) mass is 378 g/mol. The fourth-order valence-corrected chi connectivity index (χ4v) is 3.15. The molecule has 7 heteroatoms. The molecule has 0 aliphatic rings. The zero-order valence-electron chi connectivity index (χ0n) is 16.1. The van der Waals surface area contributed by atoms with Crippen molar-refractivity contribution in [3.63, 3.8) is 0 Å². The van der Waals surface area contributed by atoms with Gasteiger partial charge in [-0.1, -0.05) is 43.3 Å². The van der Waals surface area contributed by atoms with Crippen molar-refractivity contribution < 1.29 is 9.59 Å². The highest BCUT2D eigenvalue weighted by molar-refractivity contribution is 6.04. The summed E-state index contributed by atoms with van der Waals surface area (Å²) in [6, 6.07) is 12.5. The van der Waals surface area contributed by atoms with Gasteiger partial charge in [0.1, 0.15) is 6.54 Å². The molecule has 0 aliphatic heterocycles. The molecule has 0 atom stereocenters. The number of nitrogens with zero attached hydrogens (tertiary/aromatic N) is 2. The molecule has 3 rings (SSSR count). The summed E-state index contributed by atoms with van der Waals surface area (Å²) >= 11 is 0. The van der Waals surface area contributed by atoms with Crippen LogP contribution in [0.15, 0.2) is 47.3 Å². The maximum Gasteiger partial charge on any atom is 0.275 e. The normalized spacial score (nSPS) is 10.7. The molecule has 0 bridgehead atoms. The fourth-order valence-electron chi connectivity index (χ4n) is 3.15. The van der Waals surface area contributed by atoms with Crippen LogP contribution in [0.2, 0.25) is 0 Å². The Hall–Kier alpha value is -3.48. The molecule has 28 heavy (non-hydrogen) atoms. The Morgan fingerprint density at radius 3 is 2.46 bits per heavy atom. The van der Waals surface area contributed by atoms with Crippen molar-refractivity contribution in [2.75, 3.05) is 12.4 Å². The molecular formula is C21H22N4O3. The molecule has 7 nitrogen and oxygen atoms in total. The lowest BCUT2D eigenvalue weighted by Gasteiger charge is -2.14. The van der Waals surface area contributed by atoms with Gasteiger partial charge in [-0.15, -0.1) is 0 Å². The first-order valence-electron chi connectivity index (χ1n) is 9.06. The number of carbonyl (C=O) groups is 2. The zero-order chi connectivity index (χ0) is 20.3. The third kappa shape index (κ3) is 3.64. The van der Waals surface area contributed by atoms with E-state index < -0.39 is 11.5 Å². The Kier molecular flexibility index (Phi) is 5.54. The van der Waals surface area contributed by atoms with E-state index in [0.29, 0.717) is 10.8 Å². The number of fused-ring (bicyclic) bond motifs is 1. The highest BCUT2D eigenvalue weighted by Crippen LogP contribution is 2.21. The minimum atomic E-state index is -0.419. The van der Waals surface area contributed by atoms with E-state index in [1.165, 1.54) is 7.05 Å². The van der Waals surface area contributed by atoms with Gasteiger partial charge in [0.15, 0.2) is 5.69 Å². The number of amides is 2. The molecule has 0 aliphatic carbocycles. The second-order valence-electron chi connectivity index (χ2n) is 6.45. The van der Waals surface area contributed by atoms with Crippen molar-refractivity contribution in [2.45, 2.75) is 26.8 Å². The van der Waals surface area contributed by atoms with Crippen LogP contribution in [0.25, 0.3) is 10.8 Å². The van der Waals surface area contributed by atoms with Crippen molar-refractivity contribution in [1.82, 2.24) is 15.1 Å². The second-order valence-corrected chi connectivity index (χ2v) is 6.45. The van der Waals surface area contributed by atoms with Gasteiger partial charge < -0.3 is 10.6 Å². The Bertz CT molecular complexity index is 1120. The van der Waals surface area contributed by atoms with Crippen molar-refractivity contribution >= 4 is 28.3 Å². The van der Waals surface area contributed by atoms with Gasteiger partial charge in [0.05, 0.1) is 5.39 Å². The molecule has 0 saturated carbocycles. The number of hydrogen-bond donors (Lipinski definition) is 2. The van der Waals surface area contributed by atoms with E-state index in [-0.39, 0.29) is 18.1 Å². The van der Waals surface area contributed by atoms with Crippen LogP contribution in [0.4, 0.5) is 5.69 Å². The van der Waals surface area contributed by atoms with Crippen LogP contribution in [-0.4, -0.2) is 28.6 Å². The number of aromatic nitrogens is 2. The van der Waals surface area contributed by atoms with Crippen LogP contribution in [0.1, 0.15) is 28.5 Å². The lowest BCUT2D eigenvalue weighted by molar-refractivity contribution is -0.117. The van der Waals surface area contributed by atoms with Crippen LogP contribution < -0.4 is 16.2 Å². The van der Waals surface area contributed by atoms with Gasteiger partial charge in [0.25, 0.3) is 11.5 Å². The number of para-hydroxylation sites is 1. The summed E-state index contributed by atoms with van der Waals surface area (Å²) in [6.07, 6.45) is 0.770. The molecule has 0 radical (unpaired) electrons. The second kappa shape index (κ2) is 8.04. The molecule has 1 heterocycles. The zero-order valence-corrected chi connectivity index (χ0v) is 16.1. The summed E-state index contributed by atoms with van der Waals surface area (Å²) in [7, 11) is 1.49. The summed E-state index contributed by atoms with van der Waals surface area (Å²) in [5.41, 5.74) is 2.39. The van der Waals surface area contributed by atoms with Crippen molar-refractivity contribution in [3.05, 3.63) is 69.6 Å². The average molecular weight is 378 g/mol. The van der Waals surface area contributed by atoms with Crippen molar-refractivity contribution in [2.24, 2.45) is 0 Å². The lowest BCUT2D eigenvalue weighted by atomic mass is 10.1. The van der Waals surface area contributed by atoms with Crippen LogP contribution in [0.3, 0.4) is 0 Å². The molecule has 2 aromatic carbocycles. The van der Waals surface area contributed by atoms with Crippen LogP contribution in [0.5, 0.6) is 0 Å². The van der Waals surface area contributed by atoms with E-state index in [9.17, 15) is 14.4 Å². The summed E-state index contributed by atoms with van der Waals surface area (Å²) in [5.74, 6) is -0.797. The number of rotatable bonds is 5. The molecule has 144 valence electrons. The first-order valence-corrected chi connectivity index (χ1v) is 9.06. The molecule has 0 saturated heterocycles. The van der Waals surface area contributed by atoms with Gasteiger partial charge in [-0.25, -0.2) is 4.68 Å². The van der Waals surface area contributed by atoms with Crippen LogP contribution in [0, 0.1) is 6.92 Å². The van der Waals surface area contributed by atoms with Gasteiger partial charge in [-0.05, 0) is 30.5 Å². The highest BCUT2D eigenvalue weighted by atomic mass is 16.2. The lowest BCUT2D eigenvalue weighted by Crippen LogP contribution is -2.33. The van der Waals surface area contributed by atoms with E-state index in [1.807, 2.05) is 32.0 Å². The quantitative estimate of drug-likeness (QED) is 0.712. The van der Waals surface area contributed by atoms with E-state index >= 15 is 0 Å². The standard InChI is InChI=1S/C21H22N4O3/c1-4-14-9-7-8-13(2)18(14)23-17(26)12-25-21(28)16-11-6-5-10-15(16)19(24-25)20(27)22-3/h5-11H,4,12H2,1-3H3,(H,22,27)(H,23,26). The summed E-state index contributed by atoms with van der Waals surface area (Å²) in [4.78, 5) is 37.6. The number of anilines is 1. The Morgan fingerprint density at radius 1 is 1.07 bits per heavy atom. The van der Waals surface area contributed by atoms with E-state index in [0.717, 1.165) is 27.9 Å². The molecule has 0 fully saturated rings. The van der Waals surface area contributed by atoms with E-state index in [2.05, 4.69) is 15.7 Å². The number of carbonyl (C=O) groups excluding carboxylic acids is 2. The molecule has 1 aromatic heterocycles. The third-order valence-electron chi connectivity index (χ3n) is 4.61. The average Bonchev–Trinajstić information content (AvgIpc) is 2.71. The third-order valence-corrected chi connectivity index (χ3v) is 4.61. The minimum absolute atomic E-state index is 0.107. The molecule has 0 spiro atoms. The van der Waals surface area contributed by atoms with Gasteiger partial charge in [-0.3, -0.25) is 14.4 Å². The van der Waals surface area contributed by atoms with E-state index in [4.69, 9.17) is 0 Å². The molecular weight excluding hydrogens is 356 g/mol. The predicted molar refractivity (Wildman–Crippen MR) is 109 cm³/mol. The topological polar surface area (TPSA) is 93.1 Å². The SMILES string of the molecule is CCc1cccc(C)c1NC(=O)Cn1nc(C(=O)NC)c2ccccc2c1=O. The first kappa shape index (κ1) is 19.3. The number of hydrogen-bond acceptors (Lipinski definition) is 4. The molecule has 2 N–H and O–H groups in total. The summed E-state index contributed by atoms with van der Waals surface area (Å²) in [6.45, 7) is 3.64. The maximum absolute atomic E-state index is 12.8. The van der Waals surface area contributed by atoms with Crippen molar-refractivity contribution in [3.8, 4) is 0 Å². The van der Waals surface area contributed by atoms with Crippen LogP contribution in [-0.2, 0) is 17.8 Å². The minimum Gasteiger partial charge on any atom is -0.354 e. The van der Waals surface area contributed by atoms with Gasteiger partial charge >= 0.3 is 0 Å². The number of benzene rings is 2. The molecule has 0 unspecified atom stereocenters. The number of nitrogens with one attached hydrogen (secondary N) is 2. The highest BCUT2D eigenvalue weighted by Gasteiger charge is 2.17. The fraction of sp³-hybridized carbons (Fsp3) is 0.238. The largest absolute Gasteiger partial charge is 0.354 e. The smallest absolute Gasteiger partial charge is 0.275 e. The first-order chi connectivity index (χ1) is 13.5. The summed E-state index contributed by atoms with van der Waals surface area (Å²) < 4.78 is 1.03. The number of aryl methyl sites for hydroxylation is 2. The Morgan fingerprint density at radius 2 is 1.79 bits per heavy atom. The van der Waals surface area contributed by atoms with Crippen LogP contribution >= 0.6 is 0 Å².